The number of carbonyl (C=O) groups is 1. The Kier molecular flexibility index (Phi) is 7.65. The zero-order valence-corrected chi connectivity index (χ0v) is 29.3. The quantitative estimate of drug-likeness (QED) is 0.240. The van der Waals surface area contributed by atoms with Crippen molar-refractivity contribution in [2.45, 2.75) is 127 Å². The first-order chi connectivity index (χ1) is 22.8. The molecule has 0 aromatic carbocycles. The fourth-order valence-electron chi connectivity index (χ4n) is 14.2. The van der Waals surface area contributed by atoms with Gasteiger partial charge >= 0.3 is 5.97 Å². The van der Waals surface area contributed by atoms with E-state index in [2.05, 4.69) is 51.0 Å². The number of carbonyl (C=O) groups excluding carboxylic acids is 1. The summed E-state index contributed by atoms with van der Waals surface area (Å²) in [5.74, 6) is 9.18. The van der Waals surface area contributed by atoms with Crippen LogP contribution < -0.4 is 0 Å². The van der Waals surface area contributed by atoms with Crippen molar-refractivity contribution in [1.82, 2.24) is 0 Å². The van der Waals surface area contributed by atoms with Gasteiger partial charge in [0.25, 0.3) is 0 Å². The molecule has 8 aliphatic rings. The van der Waals surface area contributed by atoms with Gasteiger partial charge in [-0.25, -0.2) is 0 Å². The maximum absolute atomic E-state index is 14.1. The van der Waals surface area contributed by atoms with Crippen LogP contribution in [0.25, 0.3) is 0 Å². The number of rotatable bonds is 3. The first-order valence-corrected chi connectivity index (χ1v) is 19.2. The number of ether oxygens (including phenoxy) is 1. The van der Waals surface area contributed by atoms with Crippen LogP contribution in [0.15, 0.2) is 47.6 Å². The molecular weight excluding hydrogens is 592 g/mol. The van der Waals surface area contributed by atoms with E-state index in [1.54, 1.807) is 0 Å². The highest BCUT2D eigenvalue weighted by molar-refractivity contribution is 5.70. The molecule has 0 bridgehead atoms. The van der Waals surface area contributed by atoms with E-state index >= 15 is 0 Å². The molecule has 256 valence electrons. The second-order valence-corrected chi connectivity index (χ2v) is 18.2. The van der Waals surface area contributed by atoms with Crippen molar-refractivity contribution in [3.8, 4) is 24.7 Å². The minimum absolute atomic E-state index is 0.0659. The van der Waals surface area contributed by atoms with Crippen LogP contribution in [0.4, 0.5) is 0 Å². The van der Waals surface area contributed by atoms with Crippen molar-refractivity contribution in [1.29, 1.82) is 0 Å². The van der Waals surface area contributed by atoms with Crippen LogP contribution in [0.2, 0.25) is 0 Å². The molecule has 4 nitrogen and oxygen atoms in total. The molecule has 8 aliphatic carbocycles. The smallest absolute Gasteiger partial charge is 0.306 e. The Balaban J connectivity index is 1.01. The number of esters is 1. The van der Waals surface area contributed by atoms with Crippen molar-refractivity contribution >= 4 is 5.97 Å². The molecule has 48 heavy (non-hydrogen) atoms. The Hall–Kier alpha value is -2.53. The van der Waals surface area contributed by atoms with Crippen molar-refractivity contribution in [3.63, 3.8) is 0 Å². The highest BCUT2D eigenvalue weighted by Crippen LogP contribution is 2.67. The summed E-state index contributed by atoms with van der Waals surface area (Å²) >= 11 is 0. The van der Waals surface area contributed by atoms with Gasteiger partial charge in [0.05, 0.1) is 0 Å². The fourth-order valence-corrected chi connectivity index (χ4v) is 14.2. The molecule has 0 heterocycles. The summed E-state index contributed by atoms with van der Waals surface area (Å²) in [6, 6.07) is 0. The zero-order chi connectivity index (χ0) is 33.8. The van der Waals surface area contributed by atoms with E-state index in [9.17, 15) is 15.0 Å². The van der Waals surface area contributed by atoms with Gasteiger partial charge in [-0.05, 0) is 131 Å². The molecule has 4 heteroatoms. The molecule has 14 atom stereocenters. The van der Waals surface area contributed by atoms with Crippen LogP contribution in [-0.4, -0.2) is 33.5 Å². The van der Waals surface area contributed by atoms with E-state index in [4.69, 9.17) is 17.6 Å². The molecule has 0 aromatic heterocycles. The van der Waals surface area contributed by atoms with Crippen LogP contribution in [0, 0.1) is 88.8 Å². The lowest BCUT2D eigenvalue weighted by molar-refractivity contribution is -0.158. The monoisotopic (exact) mass is 648 g/mol. The maximum atomic E-state index is 14.1. The van der Waals surface area contributed by atoms with Gasteiger partial charge in [-0.15, -0.1) is 12.8 Å². The third-order valence-electron chi connectivity index (χ3n) is 16.5. The molecule has 6 fully saturated rings. The summed E-state index contributed by atoms with van der Waals surface area (Å²) in [7, 11) is 0. The standard InChI is InChI=1S/C44H56O4/c1-7-43(46)19-15-35-31-11-9-28-21-26(3)23-30(39(28)33(31)13-17-41(35,43)5)25-38(45)48-37-24-27(4)22-29-10-12-32-34(40(29)37)14-18-42(6)36(32)16-20-44(42,47)8-2/h1-2,21-22,30-37,39-40,46-47H,3-4,9-20,23-25H2,5-6H3/t30?,31-,32-,33+,34+,35+,36+,37?,39-,40+,41+,42+,43+,44+/m1/s1. The second kappa shape index (κ2) is 11.2. The maximum Gasteiger partial charge on any atom is 0.306 e. The molecule has 0 saturated heterocycles. The lowest BCUT2D eigenvalue weighted by atomic mass is 9.49. The third-order valence-corrected chi connectivity index (χ3v) is 16.5. The minimum Gasteiger partial charge on any atom is -0.461 e. The van der Waals surface area contributed by atoms with Gasteiger partial charge in [-0.2, -0.15) is 0 Å². The topological polar surface area (TPSA) is 66.8 Å². The van der Waals surface area contributed by atoms with Crippen LogP contribution in [0.1, 0.15) is 110 Å². The number of allylic oxidation sites excluding steroid dienone is 4. The Bertz CT molecular complexity index is 1450. The average Bonchev–Trinajstić information content (AvgIpc) is 3.49. The summed E-state index contributed by atoms with van der Waals surface area (Å²) in [6.07, 6.45) is 29.9. The number of hydrogen-bond acceptors (Lipinski definition) is 4. The highest BCUT2D eigenvalue weighted by Gasteiger charge is 2.64. The van der Waals surface area contributed by atoms with Crippen LogP contribution >= 0.6 is 0 Å². The van der Waals surface area contributed by atoms with Crippen molar-refractivity contribution < 1.29 is 19.7 Å². The number of terminal acetylenes is 2. The summed E-state index contributed by atoms with van der Waals surface area (Å²) in [5, 5.41) is 22.9. The SMILES string of the molecule is C#C[C@]1(O)CC[C@H]2[C@@H]3CCC4=CC(=C)CC(CC(=O)OC5CC(=C)C=C6CC[C@@H]7[C@H](CC[C@@]8(C)[C@H]7CC[C@@]8(O)C#C)[C@H]65)[C@@H]4[C@H]3CC[C@@]21C. The lowest BCUT2D eigenvalue weighted by Crippen LogP contribution is -2.54. The molecular formula is C44H56O4. The van der Waals surface area contributed by atoms with Crippen molar-refractivity contribution in [2.24, 2.45) is 64.1 Å². The molecule has 0 amide bonds. The minimum atomic E-state index is -1.02. The first kappa shape index (κ1) is 32.7. The first-order valence-electron chi connectivity index (χ1n) is 19.2. The lowest BCUT2D eigenvalue weighted by Gasteiger charge is -2.56. The predicted octanol–water partition coefficient (Wildman–Crippen LogP) is 8.11. The molecule has 2 N–H and O–H groups in total. The van der Waals surface area contributed by atoms with Crippen molar-refractivity contribution in [3.05, 3.63) is 47.6 Å². The normalized spacial score (nSPS) is 50.5. The van der Waals surface area contributed by atoms with E-state index in [1.165, 1.54) is 11.1 Å². The Labute approximate surface area is 288 Å². The molecule has 8 rings (SSSR count). The van der Waals surface area contributed by atoms with Gasteiger partial charge in [-0.1, -0.05) is 73.3 Å². The Morgan fingerprint density at radius 2 is 1.27 bits per heavy atom. The van der Waals surface area contributed by atoms with Crippen LogP contribution in [0.3, 0.4) is 0 Å². The molecule has 2 unspecified atom stereocenters. The number of fused-ring (bicyclic) bond motifs is 10. The highest BCUT2D eigenvalue weighted by atomic mass is 16.5. The van der Waals surface area contributed by atoms with Crippen molar-refractivity contribution in [2.75, 3.05) is 0 Å². The van der Waals surface area contributed by atoms with Gasteiger partial charge < -0.3 is 14.9 Å². The molecule has 6 saturated carbocycles. The fraction of sp³-hybridized carbons (Fsp3) is 0.705. The summed E-state index contributed by atoms with van der Waals surface area (Å²) in [5.41, 5.74) is 2.63. The van der Waals surface area contributed by atoms with Gasteiger partial charge in [0.2, 0.25) is 0 Å². The average molecular weight is 649 g/mol. The van der Waals surface area contributed by atoms with Crippen LogP contribution in [0.5, 0.6) is 0 Å². The van der Waals surface area contributed by atoms with E-state index in [-0.39, 0.29) is 34.7 Å². The predicted molar refractivity (Wildman–Crippen MR) is 189 cm³/mol. The summed E-state index contributed by atoms with van der Waals surface area (Å²) in [6.45, 7) is 13.2. The van der Waals surface area contributed by atoms with E-state index in [0.29, 0.717) is 67.1 Å². The Morgan fingerprint density at radius 3 is 1.81 bits per heavy atom. The molecule has 0 spiro atoms. The van der Waals surface area contributed by atoms with E-state index in [0.717, 1.165) is 81.8 Å². The third kappa shape index (κ3) is 4.54. The molecule has 0 radical (unpaired) electrons. The Morgan fingerprint density at radius 1 is 0.771 bits per heavy atom. The number of hydrogen-bond donors (Lipinski definition) is 2. The number of aliphatic hydroxyl groups is 2. The van der Waals surface area contributed by atoms with Gasteiger partial charge in [-0.3, -0.25) is 4.79 Å². The largest absolute Gasteiger partial charge is 0.461 e. The van der Waals surface area contributed by atoms with E-state index in [1.807, 2.05) is 0 Å². The van der Waals surface area contributed by atoms with Gasteiger partial charge in [0, 0.05) is 29.6 Å². The van der Waals surface area contributed by atoms with Crippen LogP contribution in [-0.2, 0) is 9.53 Å². The van der Waals surface area contributed by atoms with Gasteiger partial charge in [0.1, 0.15) is 17.3 Å². The van der Waals surface area contributed by atoms with E-state index < -0.39 is 11.2 Å². The summed E-state index contributed by atoms with van der Waals surface area (Å²) < 4.78 is 6.63. The zero-order valence-electron chi connectivity index (χ0n) is 29.3. The second-order valence-electron chi connectivity index (χ2n) is 18.2. The molecule has 0 aliphatic heterocycles. The van der Waals surface area contributed by atoms with Gasteiger partial charge in [0.15, 0.2) is 0 Å². The molecule has 0 aromatic rings. The summed E-state index contributed by atoms with van der Waals surface area (Å²) in [4.78, 5) is 14.1.